The van der Waals surface area contributed by atoms with E-state index in [4.69, 9.17) is 0 Å². The fourth-order valence-corrected chi connectivity index (χ4v) is 4.70. The van der Waals surface area contributed by atoms with E-state index in [9.17, 15) is 13.2 Å². The molecule has 2 aromatic carbocycles. The summed E-state index contributed by atoms with van der Waals surface area (Å²) in [6, 6.07) is 14.1. The summed E-state index contributed by atoms with van der Waals surface area (Å²) in [5.74, 6) is 0.594. The van der Waals surface area contributed by atoms with Gasteiger partial charge in [0.05, 0.1) is 4.90 Å². The number of aryl methyl sites for hydroxylation is 1. The summed E-state index contributed by atoms with van der Waals surface area (Å²) < 4.78 is 26.8. The second-order valence-corrected chi connectivity index (χ2v) is 9.81. The molecule has 0 unspecified atom stereocenters. The van der Waals surface area contributed by atoms with Crippen LogP contribution in [-0.2, 0) is 16.6 Å². The lowest BCUT2D eigenvalue weighted by molar-refractivity contribution is 0.0683. The Morgan fingerprint density at radius 1 is 1.11 bits per heavy atom. The third-order valence-corrected chi connectivity index (χ3v) is 7.10. The van der Waals surface area contributed by atoms with Crippen molar-refractivity contribution >= 4 is 15.9 Å². The van der Waals surface area contributed by atoms with Crippen LogP contribution in [0.3, 0.4) is 0 Å². The zero-order valence-corrected chi connectivity index (χ0v) is 17.6. The maximum atomic E-state index is 12.7. The molecule has 0 spiro atoms. The van der Waals surface area contributed by atoms with E-state index in [0.29, 0.717) is 11.5 Å². The van der Waals surface area contributed by atoms with E-state index >= 15 is 0 Å². The van der Waals surface area contributed by atoms with E-state index in [1.165, 1.54) is 10.7 Å². The molecule has 1 aliphatic rings. The van der Waals surface area contributed by atoms with Crippen molar-refractivity contribution in [2.24, 2.45) is 5.92 Å². The number of amides is 1. The van der Waals surface area contributed by atoms with Crippen LogP contribution < -0.4 is 0 Å². The molecule has 150 valence electrons. The predicted molar refractivity (Wildman–Crippen MR) is 111 cm³/mol. The zero-order valence-electron chi connectivity index (χ0n) is 16.8. The molecule has 0 aliphatic carbocycles. The molecule has 5 nitrogen and oxygen atoms in total. The highest BCUT2D eigenvalue weighted by Gasteiger charge is 2.23. The van der Waals surface area contributed by atoms with Crippen LogP contribution in [0.15, 0.2) is 53.4 Å². The molecule has 1 aliphatic heterocycles. The van der Waals surface area contributed by atoms with Crippen molar-refractivity contribution in [2.75, 3.05) is 20.1 Å². The van der Waals surface area contributed by atoms with Gasteiger partial charge in [0, 0.05) is 32.2 Å². The molecular formula is C22H28N2O3S. The van der Waals surface area contributed by atoms with Crippen molar-refractivity contribution in [3.63, 3.8) is 0 Å². The van der Waals surface area contributed by atoms with Crippen molar-refractivity contribution in [2.45, 2.75) is 38.1 Å². The molecule has 0 saturated carbocycles. The highest BCUT2D eigenvalue weighted by atomic mass is 32.2. The van der Waals surface area contributed by atoms with Gasteiger partial charge in [-0.15, -0.1) is 0 Å². The molecule has 28 heavy (non-hydrogen) atoms. The van der Waals surface area contributed by atoms with Gasteiger partial charge in [-0.05, 0) is 55.5 Å². The van der Waals surface area contributed by atoms with Crippen molar-refractivity contribution in [1.29, 1.82) is 0 Å². The quantitative estimate of drug-likeness (QED) is 0.769. The number of carbonyl (C=O) groups is 1. The van der Waals surface area contributed by atoms with Crippen LogP contribution in [0.4, 0.5) is 0 Å². The minimum atomic E-state index is -3.55. The number of benzene rings is 2. The Morgan fingerprint density at radius 3 is 2.36 bits per heavy atom. The number of carbonyl (C=O) groups excluding carboxylic acids is 1. The van der Waals surface area contributed by atoms with Crippen LogP contribution in [0.1, 0.15) is 41.3 Å². The Hall–Kier alpha value is -2.18. The average Bonchev–Trinajstić information content (AvgIpc) is 2.68. The number of hydrogen-bond acceptors (Lipinski definition) is 3. The largest absolute Gasteiger partial charge is 0.338 e. The summed E-state index contributed by atoms with van der Waals surface area (Å²) in [5.41, 5.74) is 2.52. The topological polar surface area (TPSA) is 57.7 Å². The van der Waals surface area contributed by atoms with Gasteiger partial charge in [0.2, 0.25) is 10.0 Å². The molecule has 2 aromatic rings. The lowest BCUT2D eigenvalue weighted by atomic mass is 9.99. The van der Waals surface area contributed by atoms with Gasteiger partial charge in [0.25, 0.3) is 5.91 Å². The maximum absolute atomic E-state index is 12.7. The first-order chi connectivity index (χ1) is 13.3. The molecule has 1 saturated heterocycles. The monoisotopic (exact) mass is 400 g/mol. The van der Waals surface area contributed by atoms with E-state index in [2.05, 4.69) is 6.92 Å². The van der Waals surface area contributed by atoms with Crippen LogP contribution >= 0.6 is 0 Å². The lowest BCUT2D eigenvalue weighted by Gasteiger charge is -2.31. The van der Waals surface area contributed by atoms with E-state index in [0.717, 1.165) is 30.6 Å². The molecule has 1 atom stereocenters. The van der Waals surface area contributed by atoms with Crippen molar-refractivity contribution < 1.29 is 13.2 Å². The molecule has 0 bridgehead atoms. The Labute approximate surface area is 168 Å². The smallest absolute Gasteiger partial charge is 0.253 e. The van der Waals surface area contributed by atoms with E-state index in [1.807, 2.05) is 24.0 Å². The third-order valence-electron chi connectivity index (χ3n) is 5.28. The van der Waals surface area contributed by atoms with Crippen LogP contribution in [0, 0.1) is 12.8 Å². The first-order valence-electron chi connectivity index (χ1n) is 9.68. The van der Waals surface area contributed by atoms with Crippen LogP contribution in [0.5, 0.6) is 0 Å². The normalized spacial score (nSPS) is 17.7. The SMILES string of the molecule is Cc1ccc(S(=O)(=O)N(C)Cc2ccc(C(=O)N3CCC[C@H](C)C3)cc2)cc1. The van der Waals surface area contributed by atoms with Crippen molar-refractivity contribution in [1.82, 2.24) is 9.21 Å². The molecule has 0 radical (unpaired) electrons. The third kappa shape index (κ3) is 4.62. The Morgan fingerprint density at radius 2 is 1.75 bits per heavy atom. The van der Waals surface area contributed by atoms with Gasteiger partial charge in [-0.3, -0.25) is 4.79 Å². The summed E-state index contributed by atoms with van der Waals surface area (Å²) in [5, 5.41) is 0. The second-order valence-electron chi connectivity index (χ2n) is 7.77. The van der Waals surface area contributed by atoms with Crippen LogP contribution in [0.25, 0.3) is 0 Å². The average molecular weight is 401 g/mol. The Balaban J connectivity index is 1.68. The van der Waals surface area contributed by atoms with Gasteiger partial charge in [0.1, 0.15) is 0 Å². The highest BCUT2D eigenvalue weighted by molar-refractivity contribution is 7.89. The molecule has 1 heterocycles. The maximum Gasteiger partial charge on any atom is 0.253 e. The van der Waals surface area contributed by atoms with Gasteiger partial charge in [-0.25, -0.2) is 8.42 Å². The summed E-state index contributed by atoms with van der Waals surface area (Å²) in [6.07, 6.45) is 2.22. The molecule has 1 fully saturated rings. The molecule has 3 rings (SSSR count). The fraction of sp³-hybridized carbons (Fsp3) is 0.409. The summed E-state index contributed by atoms with van der Waals surface area (Å²) in [7, 11) is -1.97. The predicted octanol–water partition coefficient (Wildman–Crippen LogP) is 3.69. The number of piperidine rings is 1. The molecule has 6 heteroatoms. The van der Waals surface area contributed by atoms with Crippen molar-refractivity contribution in [3.05, 3.63) is 65.2 Å². The zero-order chi connectivity index (χ0) is 20.3. The summed E-state index contributed by atoms with van der Waals surface area (Å²) >= 11 is 0. The van der Waals surface area contributed by atoms with E-state index in [-0.39, 0.29) is 17.3 Å². The number of nitrogens with zero attached hydrogens (tertiary/aromatic N) is 2. The fourth-order valence-electron chi connectivity index (χ4n) is 3.54. The standard InChI is InChI=1S/C22H28N2O3S/c1-17-6-12-21(13-7-17)28(26,27)23(3)16-19-8-10-20(11-9-19)22(25)24-14-4-5-18(2)15-24/h6-13,18H,4-5,14-16H2,1-3H3/t18-/m0/s1. The minimum Gasteiger partial charge on any atom is -0.338 e. The second kappa shape index (κ2) is 8.45. The summed E-state index contributed by atoms with van der Waals surface area (Å²) in [6.45, 7) is 5.96. The van der Waals surface area contributed by atoms with Crippen LogP contribution in [0.2, 0.25) is 0 Å². The van der Waals surface area contributed by atoms with E-state index < -0.39 is 10.0 Å². The molecule has 0 N–H and O–H groups in total. The van der Waals surface area contributed by atoms with Gasteiger partial charge in [-0.1, -0.05) is 36.8 Å². The molecule has 0 aromatic heterocycles. The van der Waals surface area contributed by atoms with Gasteiger partial charge < -0.3 is 4.90 Å². The first-order valence-corrected chi connectivity index (χ1v) is 11.1. The number of hydrogen-bond donors (Lipinski definition) is 0. The number of sulfonamides is 1. The Bertz CT molecular complexity index is 921. The van der Waals surface area contributed by atoms with Crippen molar-refractivity contribution in [3.8, 4) is 0 Å². The van der Waals surface area contributed by atoms with Crippen LogP contribution in [-0.4, -0.2) is 43.7 Å². The Kier molecular flexibility index (Phi) is 6.20. The summed E-state index contributed by atoms with van der Waals surface area (Å²) in [4.78, 5) is 14.9. The number of rotatable bonds is 5. The number of likely N-dealkylation sites (tertiary alicyclic amines) is 1. The molecule has 1 amide bonds. The lowest BCUT2D eigenvalue weighted by Crippen LogP contribution is -2.39. The van der Waals surface area contributed by atoms with Gasteiger partial charge >= 0.3 is 0 Å². The van der Waals surface area contributed by atoms with Gasteiger partial charge in [0.15, 0.2) is 0 Å². The highest BCUT2D eigenvalue weighted by Crippen LogP contribution is 2.20. The molecular weight excluding hydrogens is 372 g/mol. The van der Waals surface area contributed by atoms with Gasteiger partial charge in [-0.2, -0.15) is 4.31 Å². The van der Waals surface area contributed by atoms with E-state index in [1.54, 1.807) is 43.4 Å². The minimum absolute atomic E-state index is 0.0544. The first kappa shape index (κ1) is 20.6.